The van der Waals surface area contributed by atoms with Crippen molar-refractivity contribution in [1.82, 2.24) is 35.1 Å². The van der Waals surface area contributed by atoms with E-state index in [0.717, 1.165) is 12.0 Å². The van der Waals surface area contributed by atoms with Crippen molar-refractivity contribution in [1.29, 1.82) is 0 Å². The lowest BCUT2D eigenvalue weighted by Gasteiger charge is -2.42. The van der Waals surface area contributed by atoms with Crippen molar-refractivity contribution in [3.8, 4) is 11.7 Å². The molecule has 4 rings (SSSR count). The summed E-state index contributed by atoms with van der Waals surface area (Å²) in [4.78, 5) is 42.8. The number of benzene rings is 1. The Labute approximate surface area is 227 Å². The molecule has 3 amide bonds. The van der Waals surface area contributed by atoms with Gasteiger partial charge in [0.2, 0.25) is 11.9 Å². The molecule has 0 spiro atoms. The lowest BCUT2D eigenvalue weighted by molar-refractivity contribution is -0.122. The molecule has 2 unspecified atom stereocenters. The number of hydrogen-bond acceptors (Lipinski definition) is 7. The number of anilines is 1. The molecule has 0 radical (unpaired) electrons. The summed E-state index contributed by atoms with van der Waals surface area (Å²) < 4.78 is 7.12. The summed E-state index contributed by atoms with van der Waals surface area (Å²) in [7, 11) is 1.61. The first-order valence-corrected chi connectivity index (χ1v) is 13.0. The fraction of sp³-hybridized carbons (Fsp3) is 0.423. The molecular weight excluding hydrogens is 508 g/mol. The highest BCUT2D eigenvalue weighted by atomic mass is 35.5. The van der Waals surface area contributed by atoms with Crippen LogP contribution in [-0.2, 0) is 4.79 Å². The first kappa shape index (κ1) is 27.2. The van der Waals surface area contributed by atoms with E-state index in [1.807, 2.05) is 43.0 Å². The summed E-state index contributed by atoms with van der Waals surface area (Å²) >= 11 is 6.36. The lowest BCUT2D eigenvalue weighted by Crippen LogP contribution is -2.58. The van der Waals surface area contributed by atoms with Crippen LogP contribution in [0.25, 0.3) is 5.95 Å². The van der Waals surface area contributed by atoms with Crippen molar-refractivity contribution in [3.63, 3.8) is 0 Å². The Balaban J connectivity index is 1.55. The number of piperazine rings is 1. The Hall–Kier alpha value is -3.86. The van der Waals surface area contributed by atoms with Crippen molar-refractivity contribution in [2.24, 2.45) is 0 Å². The van der Waals surface area contributed by atoms with Crippen LogP contribution in [0.3, 0.4) is 0 Å². The van der Waals surface area contributed by atoms with Crippen LogP contribution in [0.4, 0.5) is 10.6 Å². The van der Waals surface area contributed by atoms with Gasteiger partial charge >= 0.3 is 6.03 Å². The number of urea groups is 1. The maximum atomic E-state index is 13.3. The van der Waals surface area contributed by atoms with Crippen LogP contribution in [0, 0.1) is 0 Å². The molecule has 11 nitrogen and oxygen atoms in total. The minimum Gasteiger partial charge on any atom is -0.496 e. The summed E-state index contributed by atoms with van der Waals surface area (Å²) in [5.74, 6) is 1.52. The molecule has 1 aliphatic heterocycles. The molecule has 202 valence electrons. The summed E-state index contributed by atoms with van der Waals surface area (Å²) in [6.07, 6.45) is 5.95. The van der Waals surface area contributed by atoms with Gasteiger partial charge in [-0.05, 0) is 19.4 Å². The van der Waals surface area contributed by atoms with Crippen molar-refractivity contribution in [3.05, 3.63) is 59.8 Å². The monoisotopic (exact) mass is 540 g/mol. The van der Waals surface area contributed by atoms with Gasteiger partial charge < -0.3 is 25.2 Å². The highest BCUT2D eigenvalue weighted by Crippen LogP contribution is 2.26. The normalized spacial score (nSPS) is 16.2. The third-order valence-electron chi connectivity index (χ3n) is 6.40. The number of amides is 3. The molecule has 3 heterocycles. The third kappa shape index (κ3) is 6.52. The van der Waals surface area contributed by atoms with E-state index < -0.39 is 0 Å². The van der Waals surface area contributed by atoms with Gasteiger partial charge in [-0.1, -0.05) is 36.7 Å². The summed E-state index contributed by atoms with van der Waals surface area (Å²) in [5.41, 5.74) is 0.886. The van der Waals surface area contributed by atoms with Crippen LogP contribution in [0.2, 0.25) is 5.15 Å². The van der Waals surface area contributed by atoms with E-state index in [9.17, 15) is 9.59 Å². The number of carbonyl (C=O) groups is 2. The highest BCUT2D eigenvalue weighted by molar-refractivity contribution is 6.29. The molecule has 0 bridgehead atoms. The van der Waals surface area contributed by atoms with Gasteiger partial charge in [-0.3, -0.25) is 9.36 Å². The molecule has 38 heavy (non-hydrogen) atoms. The number of nitrogens with zero attached hydrogens (tertiary/aromatic N) is 6. The van der Waals surface area contributed by atoms with Gasteiger partial charge in [-0.25, -0.2) is 14.8 Å². The van der Waals surface area contributed by atoms with E-state index in [1.54, 1.807) is 41.4 Å². The predicted octanol–water partition coefficient (Wildman–Crippen LogP) is 3.20. The Bertz CT molecular complexity index is 1240. The zero-order valence-corrected chi connectivity index (χ0v) is 22.6. The number of carbonyl (C=O) groups excluding carboxylic acids is 2. The van der Waals surface area contributed by atoms with E-state index >= 15 is 0 Å². The second kappa shape index (κ2) is 12.6. The number of rotatable bonds is 9. The number of ether oxygens (including phenoxy) is 1. The van der Waals surface area contributed by atoms with Gasteiger partial charge in [0.1, 0.15) is 23.0 Å². The fourth-order valence-corrected chi connectivity index (χ4v) is 4.68. The second-order valence-electron chi connectivity index (χ2n) is 9.08. The molecule has 3 aromatic rings. The third-order valence-corrected chi connectivity index (χ3v) is 6.59. The number of hydrogen-bond donors (Lipinski definition) is 2. The molecule has 1 aromatic carbocycles. The first-order chi connectivity index (χ1) is 18.4. The second-order valence-corrected chi connectivity index (χ2v) is 9.47. The number of imidazole rings is 1. The van der Waals surface area contributed by atoms with E-state index in [4.69, 9.17) is 21.3 Å². The molecule has 0 aliphatic carbocycles. The number of nitrogens with one attached hydrogen (secondary N) is 2. The van der Waals surface area contributed by atoms with Crippen LogP contribution in [0.5, 0.6) is 5.75 Å². The van der Waals surface area contributed by atoms with Crippen molar-refractivity contribution >= 4 is 29.4 Å². The van der Waals surface area contributed by atoms with Crippen LogP contribution in [0.15, 0.2) is 49.1 Å². The average Bonchev–Trinajstić information content (AvgIpc) is 3.46. The first-order valence-electron chi connectivity index (χ1n) is 12.6. The minimum absolute atomic E-state index is 0.140. The minimum atomic E-state index is -0.331. The van der Waals surface area contributed by atoms with Gasteiger partial charge in [-0.2, -0.15) is 4.98 Å². The SMILES string of the molecule is CCCNC(=O)N1CCN(c2cc(Cl)nc(-n3ccnc3)n2)C(CC(=O)NC(C)c2ccccc2OC)C1. The van der Waals surface area contributed by atoms with E-state index in [-0.39, 0.29) is 35.6 Å². The van der Waals surface area contributed by atoms with Gasteiger partial charge in [0.25, 0.3) is 0 Å². The maximum absolute atomic E-state index is 13.3. The number of aromatic nitrogens is 4. The fourth-order valence-electron chi connectivity index (χ4n) is 4.51. The Morgan fingerprint density at radius 2 is 2.05 bits per heavy atom. The molecule has 2 aromatic heterocycles. The lowest BCUT2D eigenvalue weighted by atomic mass is 10.0. The van der Waals surface area contributed by atoms with E-state index in [1.165, 1.54) is 0 Å². The molecule has 12 heteroatoms. The summed E-state index contributed by atoms with van der Waals surface area (Å²) in [6.45, 7) is 5.83. The highest BCUT2D eigenvalue weighted by Gasteiger charge is 2.33. The maximum Gasteiger partial charge on any atom is 0.317 e. The van der Waals surface area contributed by atoms with Crippen molar-refractivity contribution in [2.45, 2.75) is 38.8 Å². The number of halogens is 1. The standard InChI is InChI=1S/C26H33ClN8O3/c1-4-9-29-26(37)33-12-13-35(23-15-22(27)31-25(32-23)34-11-10-28-17-34)19(16-33)14-24(36)30-18(2)20-7-5-6-8-21(20)38-3/h5-8,10-11,15,17-19H,4,9,12-14,16H2,1-3H3,(H,29,37)(H,30,36). The summed E-state index contributed by atoms with van der Waals surface area (Å²) in [6, 6.07) is 8.54. The van der Waals surface area contributed by atoms with Crippen molar-refractivity contribution in [2.75, 3.05) is 38.2 Å². The molecule has 1 saturated heterocycles. The summed E-state index contributed by atoms with van der Waals surface area (Å²) in [5, 5.41) is 6.28. The number of methoxy groups -OCH3 is 1. The molecule has 2 N–H and O–H groups in total. The quantitative estimate of drug-likeness (QED) is 0.400. The van der Waals surface area contributed by atoms with Crippen LogP contribution < -0.4 is 20.3 Å². The van der Waals surface area contributed by atoms with Crippen LogP contribution >= 0.6 is 11.6 Å². The predicted molar refractivity (Wildman–Crippen MR) is 145 cm³/mol. The van der Waals surface area contributed by atoms with Gasteiger partial charge in [0.05, 0.1) is 19.2 Å². The molecule has 2 atom stereocenters. The molecular formula is C26H33ClN8O3. The average molecular weight is 541 g/mol. The van der Waals surface area contributed by atoms with E-state index in [2.05, 4.69) is 20.6 Å². The van der Waals surface area contributed by atoms with Gasteiger partial charge in [0.15, 0.2) is 0 Å². The van der Waals surface area contributed by atoms with Crippen LogP contribution in [-0.4, -0.2) is 75.7 Å². The smallest absolute Gasteiger partial charge is 0.317 e. The molecule has 1 aliphatic rings. The largest absolute Gasteiger partial charge is 0.496 e. The molecule has 1 fully saturated rings. The Morgan fingerprint density at radius 3 is 2.79 bits per heavy atom. The molecule has 0 saturated carbocycles. The Morgan fingerprint density at radius 1 is 1.24 bits per heavy atom. The van der Waals surface area contributed by atoms with Crippen LogP contribution in [0.1, 0.15) is 38.3 Å². The van der Waals surface area contributed by atoms with Gasteiger partial charge in [-0.15, -0.1) is 0 Å². The van der Waals surface area contributed by atoms with E-state index in [0.29, 0.717) is 43.7 Å². The zero-order valence-electron chi connectivity index (χ0n) is 21.8. The number of para-hydroxylation sites is 1. The Kier molecular flexibility index (Phi) is 9.01. The van der Waals surface area contributed by atoms with Gasteiger partial charge in [0, 0.05) is 56.6 Å². The van der Waals surface area contributed by atoms with Crippen molar-refractivity contribution < 1.29 is 14.3 Å². The zero-order chi connectivity index (χ0) is 27.1. The topological polar surface area (TPSA) is 118 Å².